The predicted molar refractivity (Wildman–Crippen MR) is 299 cm³/mol. The highest BCUT2D eigenvalue weighted by Crippen LogP contribution is 2.30. The van der Waals surface area contributed by atoms with Crippen molar-refractivity contribution in [2.45, 2.75) is 235 Å². The molecule has 2 aliphatic rings. The van der Waals surface area contributed by atoms with Crippen molar-refractivity contribution in [2.24, 2.45) is 0 Å². The third-order valence-corrected chi connectivity index (χ3v) is 12.9. The van der Waals surface area contributed by atoms with E-state index < -0.39 is 86.8 Å². The third kappa shape index (κ3) is 31.4. The molecule has 0 bridgehead atoms. The first-order valence-electron chi connectivity index (χ1n) is 28.3. The lowest BCUT2D eigenvalue weighted by Gasteiger charge is -2.46. The molecule has 0 aromatic carbocycles. The average Bonchev–Trinajstić information content (AvgIpc) is 3.41. The number of aliphatic hydroxyl groups excluding tert-OH is 8. The largest absolute Gasteiger partial charge is 0.394 e. The highest BCUT2D eigenvalue weighted by Gasteiger charge is 2.51. The van der Waals surface area contributed by atoms with Crippen LogP contribution in [-0.2, 0) is 23.7 Å². The summed E-state index contributed by atoms with van der Waals surface area (Å²) < 4.78 is 22.7. The monoisotopic (exact) mass is 1050 g/mol. The van der Waals surface area contributed by atoms with E-state index in [2.05, 4.69) is 129 Å². The number of amides is 1. The van der Waals surface area contributed by atoms with Gasteiger partial charge in [-0.25, -0.2) is 0 Å². The summed E-state index contributed by atoms with van der Waals surface area (Å²) in [5.74, 6) is -0.273. The van der Waals surface area contributed by atoms with Crippen LogP contribution in [0.1, 0.15) is 162 Å². The van der Waals surface area contributed by atoms with E-state index in [4.69, 9.17) is 18.9 Å². The molecule has 12 unspecified atom stereocenters. The number of hydrogen-bond donors (Lipinski definition) is 9. The molecular formula is C61H99NO13. The van der Waals surface area contributed by atoms with Gasteiger partial charge < -0.3 is 65.1 Å². The van der Waals surface area contributed by atoms with Crippen molar-refractivity contribution in [1.29, 1.82) is 0 Å². The van der Waals surface area contributed by atoms with E-state index in [0.29, 0.717) is 12.8 Å². The molecule has 2 fully saturated rings. The summed E-state index contributed by atoms with van der Waals surface area (Å²) in [7, 11) is 0. The number of aliphatic hydroxyl groups is 8. The fourth-order valence-corrected chi connectivity index (χ4v) is 8.29. The van der Waals surface area contributed by atoms with Gasteiger partial charge in [-0.05, 0) is 96.3 Å². The Morgan fingerprint density at radius 2 is 0.933 bits per heavy atom. The maximum atomic E-state index is 13.2. The molecule has 2 saturated heterocycles. The number of rotatable bonds is 42. The highest BCUT2D eigenvalue weighted by molar-refractivity contribution is 5.76. The van der Waals surface area contributed by atoms with E-state index >= 15 is 0 Å². The molecule has 2 heterocycles. The Morgan fingerprint density at radius 1 is 0.493 bits per heavy atom. The Kier molecular flexibility index (Phi) is 40.9. The molecule has 75 heavy (non-hydrogen) atoms. The van der Waals surface area contributed by atoms with Crippen LogP contribution >= 0.6 is 0 Å². The fraction of sp³-hybridized carbons (Fsp3) is 0.656. The van der Waals surface area contributed by atoms with Gasteiger partial charge in [0.2, 0.25) is 5.91 Å². The van der Waals surface area contributed by atoms with E-state index in [-0.39, 0.29) is 18.9 Å². The van der Waals surface area contributed by atoms with Gasteiger partial charge in [-0.15, -0.1) is 0 Å². The zero-order chi connectivity index (χ0) is 54.6. The summed E-state index contributed by atoms with van der Waals surface area (Å²) >= 11 is 0. The van der Waals surface area contributed by atoms with Crippen LogP contribution in [0.4, 0.5) is 0 Å². The lowest BCUT2D eigenvalue weighted by molar-refractivity contribution is -0.359. The van der Waals surface area contributed by atoms with E-state index in [1.807, 2.05) is 6.08 Å². The van der Waals surface area contributed by atoms with Gasteiger partial charge in [-0.1, -0.05) is 180 Å². The van der Waals surface area contributed by atoms with Gasteiger partial charge in [0.1, 0.15) is 48.8 Å². The molecule has 2 aliphatic heterocycles. The van der Waals surface area contributed by atoms with Crippen LogP contribution in [0.15, 0.2) is 122 Å². The molecule has 0 saturated carbocycles. The molecule has 12 atom stereocenters. The third-order valence-electron chi connectivity index (χ3n) is 12.9. The van der Waals surface area contributed by atoms with Crippen molar-refractivity contribution < 1.29 is 64.6 Å². The number of nitrogens with one attached hydrogen (secondary N) is 1. The summed E-state index contributed by atoms with van der Waals surface area (Å²) in [6, 6.07) is -0.952. The maximum Gasteiger partial charge on any atom is 0.220 e. The van der Waals surface area contributed by atoms with Crippen molar-refractivity contribution in [3.63, 3.8) is 0 Å². The zero-order valence-electron chi connectivity index (χ0n) is 45.5. The van der Waals surface area contributed by atoms with E-state index in [1.54, 1.807) is 6.08 Å². The van der Waals surface area contributed by atoms with Crippen LogP contribution in [0.5, 0.6) is 0 Å². The van der Waals surface area contributed by atoms with Gasteiger partial charge in [0.05, 0.1) is 32.0 Å². The fourth-order valence-electron chi connectivity index (χ4n) is 8.29. The Bertz CT molecular complexity index is 1720. The first kappa shape index (κ1) is 67.5. The van der Waals surface area contributed by atoms with Gasteiger partial charge in [-0.3, -0.25) is 4.79 Å². The smallest absolute Gasteiger partial charge is 0.220 e. The average molecular weight is 1050 g/mol. The standard InChI is InChI=1S/C61H99NO13/c1-3-5-7-9-11-13-15-17-18-19-20-21-22-23-24-25-26-27-28-29-30-31-32-33-35-37-39-41-43-45-53(66)62-49(50(65)44-42-40-38-36-34-16-14-12-10-8-6-4-2)48-72-60-58(71)56(69)59(52(47-64)74-60)75-61-57(70)55(68)54(67)51(46-63)73-61/h5,7,10-13,17-18,20-21,23-24,26-27,29-30,34,36,42,44,49-52,54-61,63-65,67-71H,3-4,6,8-9,14-16,19,22,25,28,31-33,35,37-41,43,45-48H2,1-2H3,(H,62,66)/b7-5-,12-10+,13-11-,18-17-,21-20-,24-23-,27-26-,30-29-,36-34+,44-42+. The first-order valence-corrected chi connectivity index (χ1v) is 28.3. The Labute approximate surface area is 450 Å². The number of allylic oxidation sites excluding steroid dienone is 19. The number of hydrogen-bond acceptors (Lipinski definition) is 13. The molecule has 0 aromatic rings. The van der Waals surface area contributed by atoms with Gasteiger partial charge >= 0.3 is 0 Å². The molecule has 0 aliphatic carbocycles. The molecular weight excluding hydrogens is 955 g/mol. The number of ether oxygens (including phenoxy) is 4. The number of unbranched alkanes of at least 4 members (excludes halogenated alkanes) is 11. The Balaban J connectivity index is 1.75. The summed E-state index contributed by atoms with van der Waals surface area (Å²) in [4.78, 5) is 13.2. The second kappa shape index (κ2) is 45.4. The second-order valence-electron chi connectivity index (χ2n) is 19.3. The first-order chi connectivity index (χ1) is 36.6. The zero-order valence-corrected chi connectivity index (χ0v) is 45.5. The van der Waals surface area contributed by atoms with Gasteiger partial charge in [0, 0.05) is 6.42 Å². The van der Waals surface area contributed by atoms with Crippen molar-refractivity contribution in [1.82, 2.24) is 5.32 Å². The minimum Gasteiger partial charge on any atom is -0.394 e. The highest BCUT2D eigenvalue weighted by atomic mass is 16.7. The van der Waals surface area contributed by atoms with Crippen LogP contribution in [0.3, 0.4) is 0 Å². The lowest BCUT2D eigenvalue weighted by Crippen LogP contribution is -2.65. The Morgan fingerprint density at radius 3 is 1.47 bits per heavy atom. The maximum absolute atomic E-state index is 13.2. The normalized spacial score (nSPS) is 26.0. The molecule has 14 heteroatoms. The van der Waals surface area contributed by atoms with Crippen molar-refractivity contribution in [3.05, 3.63) is 122 Å². The van der Waals surface area contributed by atoms with Crippen LogP contribution in [0.25, 0.3) is 0 Å². The van der Waals surface area contributed by atoms with Gasteiger partial charge in [-0.2, -0.15) is 0 Å². The van der Waals surface area contributed by atoms with Crippen molar-refractivity contribution >= 4 is 5.91 Å². The molecule has 9 N–H and O–H groups in total. The lowest BCUT2D eigenvalue weighted by atomic mass is 9.97. The Hall–Kier alpha value is -3.61. The molecule has 0 aromatic heterocycles. The number of carbonyl (C=O) groups excluding carboxylic acids is 1. The van der Waals surface area contributed by atoms with Gasteiger partial charge in [0.25, 0.3) is 0 Å². The van der Waals surface area contributed by atoms with E-state index in [0.717, 1.165) is 116 Å². The molecule has 426 valence electrons. The minimum atomic E-state index is -1.80. The minimum absolute atomic E-state index is 0.248. The van der Waals surface area contributed by atoms with Crippen LogP contribution in [0.2, 0.25) is 0 Å². The summed E-state index contributed by atoms with van der Waals surface area (Å²) in [6.45, 7) is 2.56. The molecule has 0 radical (unpaired) electrons. The second-order valence-corrected chi connectivity index (χ2v) is 19.3. The van der Waals surface area contributed by atoms with Crippen LogP contribution < -0.4 is 5.32 Å². The summed E-state index contributed by atoms with van der Waals surface area (Å²) in [5.41, 5.74) is 0. The topological polar surface area (TPSA) is 228 Å². The SMILES string of the molecule is CC/C=C\C/C=C\C/C=C\C/C=C\C/C=C\C/C=C\C/C=C\CCCCCCCCCC(=O)NC(COC1OC(CO)C(OC2OC(CO)C(O)C(O)C2O)C(O)C1O)C(O)/C=C/CC/C=C/CC/C=C/CCCC. The van der Waals surface area contributed by atoms with E-state index in [9.17, 15) is 45.6 Å². The summed E-state index contributed by atoms with van der Waals surface area (Å²) in [6.07, 6.45) is 48.1. The van der Waals surface area contributed by atoms with Crippen molar-refractivity contribution in [3.8, 4) is 0 Å². The molecule has 1 amide bonds. The quantitative estimate of drug-likeness (QED) is 0.0206. The summed E-state index contributed by atoms with van der Waals surface area (Å²) in [5, 5.41) is 86.8. The predicted octanol–water partition coefficient (Wildman–Crippen LogP) is 9.05. The molecule has 2 rings (SSSR count). The van der Waals surface area contributed by atoms with Crippen LogP contribution in [0, 0.1) is 0 Å². The van der Waals surface area contributed by atoms with Crippen LogP contribution in [-0.4, -0.2) is 140 Å². The van der Waals surface area contributed by atoms with Gasteiger partial charge in [0.15, 0.2) is 12.6 Å². The molecule has 0 spiro atoms. The van der Waals surface area contributed by atoms with Crippen molar-refractivity contribution in [2.75, 3.05) is 19.8 Å². The van der Waals surface area contributed by atoms with E-state index in [1.165, 1.54) is 12.8 Å². The molecule has 14 nitrogen and oxygen atoms in total. The number of carbonyl (C=O) groups is 1.